The second-order valence-electron chi connectivity index (χ2n) is 4.57. The number of aromatic nitrogens is 2. The first-order valence-electron chi connectivity index (χ1n) is 6.42. The lowest BCUT2D eigenvalue weighted by Gasteiger charge is -2.12. The third-order valence-corrected chi connectivity index (χ3v) is 3.46. The van der Waals surface area contributed by atoms with Crippen molar-refractivity contribution in [1.29, 1.82) is 0 Å². The van der Waals surface area contributed by atoms with Crippen LogP contribution in [0.15, 0.2) is 30.5 Å². The van der Waals surface area contributed by atoms with E-state index in [1.807, 2.05) is 31.2 Å². The number of methoxy groups -OCH3 is 1. The molecule has 2 heterocycles. The zero-order valence-electron chi connectivity index (χ0n) is 11.4. The highest BCUT2D eigenvalue weighted by atomic mass is 16.6. The van der Waals surface area contributed by atoms with Crippen LogP contribution in [-0.4, -0.2) is 29.0 Å². The molecule has 0 aliphatic carbocycles. The summed E-state index contributed by atoms with van der Waals surface area (Å²) in [4.78, 5) is 7.76. The Morgan fingerprint density at radius 1 is 1.35 bits per heavy atom. The van der Waals surface area contributed by atoms with Gasteiger partial charge in [-0.1, -0.05) is 18.2 Å². The number of aliphatic hydroxyl groups is 1. The van der Waals surface area contributed by atoms with Gasteiger partial charge in [-0.05, 0) is 13.0 Å². The summed E-state index contributed by atoms with van der Waals surface area (Å²) in [6.45, 7) is 1.52. The first kappa shape index (κ1) is 12.9. The highest BCUT2D eigenvalue weighted by Crippen LogP contribution is 2.36. The highest BCUT2D eigenvalue weighted by Gasteiger charge is 2.18. The number of ether oxygens (including phenoxy) is 2. The molecule has 0 bridgehead atoms. The molecule has 1 aromatic carbocycles. The summed E-state index contributed by atoms with van der Waals surface area (Å²) >= 11 is 0. The number of aliphatic hydroxyl groups excluding tert-OH is 1. The number of pyridine rings is 1. The molecule has 104 valence electrons. The number of hydrogen-bond acceptors (Lipinski definition) is 4. The van der Waals surface area contributed by atoms with E-state index in [0.29, 0.717) is 0 Å². The molecule has 20 heavy (non-hydrogen) atoms. The minimum atomic E-state index is -0.337. The van der Waals surface area contributed by atoms with E-state index in [1.54, 1.807) is 13.3 Å². The van der Waals surface area contributed by atoms with E-state index in [1.165, 1.54) is 0 Å². The van der Waals surface area contributed by atoms with Crippen molar-refractivity contribution in [3.63, 3.8) is 0 Å². The maximum Gasteiger partial charge on any atom is 0.147 e. The molecule has 2 aromatic heterocycles. The van der Waals surface area contributed by atoms with Gasteiger partial charge in [0.2, 0.25) is 0 Å². The van der Waals surface area contributed by atoms with Gasteiger partial charge >= 0.3 is 0 Å². The SMILES string of the molecule is COc1cnc(C(C)OCO)c2[nH]c3ccccc3c12. The molecule has 0 radical (unpaired) electrons. The van der Waals surface area contributed by atoms with Crippen LogP contribution in [0, 0.1) is 0 Å². The van der Waals surface area contributed by atoms with Crippen molar-refractivity contribution in [3.05, 3.63) is 36.2 Å². The summed E-state index contributed by atoms with van der Waals surface area (Å²) in [5.74, 6) is 0.720. The van der Waals surface area contributed by atoms with E-state index < -0.39 is 0 Å². The van der Waals surface area contributed by atoms with Crippen LogP contribution >= 0.6 is 0 Å². The van der Waals surface area contributed by atoms with Gasteiger partial charge < -0.3 is 19.6 Å². The van der Waals surface area contributed by atoms with Gasteiger partial charge in [0, 0.05) is 10.9 Å². The Morgan fingerprint density at radius 3 is 2.90 bits per heavy atom. The van der Waals surface area contributed by atoms with Crippen molar-refractivity contribution >= 4 is 21.8 Å². The summed E-state index contributed by atoms with van der Waals surface area (Å²) in [6, 6.07) is 8.02. The van der Waals surface area contributed by atoms with Crippen LogP contribution in [0.3, 0.4) is 0 Å². The molecule has 0 saturated heterocycles. The molecule has 0 fully saturated rings. The van der Waals surface area contributed by atoms with Gasteiger partial charge in [-0.15, -0.1) is 0 Å². The van der Waals surface area contributed by atoms with Crippen LogP contribution in [0.25, 0.3) is 21.8 Å². The third-order valence-electron chi connectivity index (χ3n) is 3.46. The number of nitrogens with zero attached hydrogens (tertiary/aromatic N) is 1. The number of H-pyrrole nitrogens is 1. The van der Waals surface area contributed by atoms with E-state index >= 15 is 0 Å². The molecule has 5 heteroatoms. The van der Waals surface area contributed by atoms with Crippen molar-refractivity contribution in [2.75, 3.05) is 13.9 Å². The maximum atomic E-state index is 8.93. The zero-order chi connectivity index (χ0) is 14.1. The third kappa shape index (κ3) is 1.92. The molecule has 0 spiro atoms. The van der Waals surface area contributed by atoms with Gasteiger partial charge in [0.1, 0.15) is 18.6 Å². The van der Waals surface area contributed by atoms with Crippen LogP contribution in [0.5, 0.6) is 5.75 Å². The normalized spacial score (nSPS) is 12.9. The number of aromatic amines is 1. The Bertz CT molecular complexity index is 751. The molecule has 0 saturated carbocycles. The summed E-state index contributed by atoms with van der Waals surface area (Å²) < 4.78 is 10.7. The zero-order valence-corrected chi connectivity index (χ0v) is 11.4. The number of nitrogens with one attached hydrogen (secondary N) is 1. The lowest BCUT2D eigenvalue weighted by atomic mass is 10.1. The second-order valence-corrected chi connectivity index (χ2v) is 4.57. The van der Waals surface area contributed by atoms with E-state index in [-0.39, 0.29) is 12.9 Å². The molecular weight excluding hydrogens is 256 g/mol. The van der Waals surface area contributed by atoms with Gasteiger partial charge in [0.15, 0.2) is 0 Å². The van der Waals surface area contributed by atoms with Crippen LogP contribution in [0.1, 0.15) is 18.7 Å². The summed E-state index contributed by atoms with van der Waals surface area (Å²) in [6.07, 6.45) is 1.39. The first-order chi connectivity index (χ1) is 9.76. The van der Waals surface area contributed by atoms with Gasteiger partial charge in [-0.2, -0.15) is 0 Å². The van der Waals surface area contributed by atoms with Crippen molar-refractivity contribution in [2.45, 2.75) is 13.0 Å². The first-order valence-corrected chi connectivity index (χ1v) is 6.42. The lowest BCUT2D eigenvalue weighted by molar-refractivity contribution is -0.0447. The van der Waals surface area contributed by atoms with Crippen LogP contribution < -0.4 is 4.74 Å². The molecular formula is C15H16N2O3. The summed E-state index contributed by atoms with van der Waals surface area (Å²) in [7, 11) is 1.63. The number of hydrogen-bond donors (Lipinski definition) is 2. The number of fused-ring (bicyclic) bond motifs is 3. The van der Waals surface area contributed by atoms with Gasteiger partial charge in [-0.25, -0.2) is 0 Å². The Hall–Kier alpha value is -2.11. The molecule has 1 atom stereocenters. The van der Waals surface area contributed by atoms with Crippen molar-refractivity contribution in [2.24, 2.45) is 0 Å². The van der Waals surface area contributed by atoms with Crippen LogP contribution in [0.2, 0.25) is 0 Å². The Labute approximate surface area is 116 Å². The summed E-state index contributed by atoms with van der Waals surface area (Å²) in [5, 5.41) is 11.0. The highest BCUT2D eigenvalue weighted by molar-refractivity contribution is 6.11. The monoisotopic (exact) mass is 272 g/mol. The standard InChI is InChI=1S/C15H16N2O3/c1-9(20-8-18)14-15-13(12(19-2)7-16-14)10-5-3-4-6-11(10)17-15/h3-7,9,17-18H,8H2,1-2H3. The number of para-hydroxylation sites is 1. The number of rotatable bonds is 4. The minimum absolute atomic E-state index is 0.304. The molecule has 0 aliphatic heterocycles. The minimum Gasteiger partial charge on any atom is -0.494 e. The fourth-order valence-corrected chi connectivity index (χ4v) is 2.50. The predicted molar refractivity (Wildman–Crippen MR) is 76.7 cm³/mol. The molecule has 0 aliphatic rings. The van der Waals surface area contributed by atoms with E-state index in [0.717, 1.165) is 33.2 Å². The largest absolute Gasteiger partial charge is 0.494 e. The Kier molecular flexibility index (Phi) is 3.30. The van der Waals surface area contributed by atoms with Crippen LogP contribution in [0.4, 0.5) is 0 Å². The molecule has 1 unspecified atom stereocenters. The average Bonchev–Trinajstić information content (AvgIpc) is 2.86. The Morgan fingerprint density at radius 2 is 2.15 bits per heavy atom. The second kappa shape index (κ2) is 5.11. The predicted octanol–water partition coefficient (Wildman–Crippen LogP) is 2.75. The van der Waals surface area contributed by atoms with E-state index in [4.69, 9.17) is 14.6 Å². The molecule has 5 nitrogen and oxygen atoms in total. The maximum absolute atomic E-state index is 8.93. The quantitative estimate of drug-likeness (QED) is 0.717. The average molecular weight is 272 g/mol. The smallest absolute Gasteiger partial charge is 0.147 e. The summed E-state index contributed by atoms with van der Waals surface area (Å²) in [5.41, 5.74) is 2.66. The fraction of sp³-hybridized carbons (Fsp3) is 0.267. The van der Waals surface area contributed by atoms with Crippen molar-refractivity contribution in [3.8, 4) is 5.75 Å². The fourth-order valence-electron chi connectivity index (χ4n) is 2.50. The van der Waals surface area contributed by atoms with Crippen molar-refractivity contribution in [1.82, 2.24) is 9.97 Å². The lowest BCUT2D eigenvalue weighted by Crippen LogP contribution is -2.04. The number of benzene rings is 1. The van der Waals surface area contributed by atoms with Crippen LogP contribution in [-0.2, 0) is 4.74 Å². The van der Waals surface area contributed by atoms with Gasteiger partial charge in [0.25, 0.3) is 0 Å². The van der Waals surface area contributed by atoms with Crippen molar-refractivity contribution < 1.29 is 14.6 Å². The topological polar surface area (TPSA) is 67.4 Å². The molecule has 0 amide bonds. The molecule has 3 rings (SSSR count). The molecule has 3 aromatic rings. The Balaban J connectivity index is 2.34. The van der Waals surface area contributed by atoms with Gasteiger partial charge in [0.05, 0.1) is 29.9 Å². The molecule has 2 N–H and O–H groups in total. The van der Waals surface area contributed by atoms with E-state index in [9.17, 15) is 0 Å². The van der Waals surface area contributed by atoms with Gasteiger partial charge in [-0.3, -0.25) is 4.98 Å². The van der Waals surface area contributed by atoms with E-state index in [2.05, 4.69) is 9.97 Å².